The van der Waals surface area contributed by atoms with E-state index in [1.54, 1.807) is 12.1 Å². The van der Waals surface area contributed by atoms with Gasteiger partial charge in [0.1, 0.15) is 0 Å². The highest BCUT2D eigenvalue weighted by Crippen LogP contribution is 1.94. The Morgan fingerprint density at radius 3 is 3.11 bits per heavy atom. The first-order chi connectivity index (χ1) is 4.43. The Labute approximate surface area is 52.5 Å². The predicted molar refractivity (Wildman–Crippen MR) is 31.6 cm³/mol. The van der Waals surface area contributed by atoms with E-state index in [1.807, 2.05) is 0 Å². The summed E-state index contributed by atoms with van der Waals surface area (Å²) in [5.74, 6) is 5.23. The van der Waals surface area contributed by atoms with Crippen LogP contribution < -0.4 is 0 Å². The standard InChI is InChI=1S/C7H4O2/c8-5-1-3-7-4-2-6-9-7/h2,4-6H. The van der Waals surface area contributed by atoms with E-state index in [-0.39, 0.29) is 0 Å². The summed E-state index contributed by atoms with van der Waals surface area (Å²) < 4.78 is 4.80. The zero-order valence-corrected chi connectivity index (χ0v) is 4.63. The van der Waals surface area contributed by atoms with Crippen molar-refractivity contribution in [3.05, 3.63) is 24.2 Å². The Hall–Kier alpha value is -1.49. The molecule has 1 aromatic heterocycles. The third-order valence-corrected chi connectivity index (χ3v) is 0.775. The van der Waals surface area contributed by atoms with Crippen molar-refractivity contribution in [1.82, 2.24) is 0 Å². The second kappa shape index (κ2) is 2.73. The molecule has 0 amide bonds. The molecule has 1 heterocycles. The summed E-state index contributed by atoms with van der Waals surface area (Å²) >= 11 is 0. The second-order valence-corrected chi connectivity index (χ2v) is 1.36. The minimum absolute atomic E-state index is 0.516. The zero-order chi connectivity index (χ0) is 6.53. The summed E-state index contributed by atoms with van der Waals surface area (Å²) in [4.78, 5) is 9.68. The molecule has 9 heavy (non-hydrogen) atoms. The Bertz CT molecular complexity index is 236. The van der Waals surface area contributed by atoms with Gasteiger partial charge in [0.15, 0.2) is 12.0 Å². The molecule has 0 unspecified atom stereocenters. The van der Waals surface area contributed by atoms with E-state index >= 15 is 0 Å². The molecule has 0 saturated carbocycles. The number of aldehydes is 1. The molecule has 1 rings (SSSR count). The summed E-state index contributed by atoms with van der Waals surface area (Å²) in [5.41, 5.74) is 0. The molecule has 0 aliphatic carbocycles. The van der Waals surface area contributed by atoms with Crippen LogP contribution in [0.2, 0.25) is 0 Å². The van der Waals surface area contributed by atoms with Crippen molar-refractivity contribution in [2.75, 3.05) is 0 Å². The molecule has 0 spiro atoms. The van der Waals surface area contributed by atoms with Gasteiger partial charge in [-0.05, 0) is 24.0 Å². The van der Waals surface area contributed by atoms with Gasteiger partial charge < -0.3 is 4.42 Å². The fraction of sp³-hybridized carbons (Fsp3) is 0. The molecule has 0 aliphatic heterocycles. The first-order valence-corrected chi connectivity index (χ1v) is 2.42. The molecule has 0 aliphatic rings. The summed E-state index contributed by atoms with van der Waals surface area (Å²) in [6, 6.07) is 3.41. The van der Waals surface area contributed by atoms with Gasteiger partial charge in [0.25, 0.3) is 0 Å². The van der Waals surface area contributed by atoms with Crippen LogP contribution in [-0.4, -0.2) is 6.29 Å². The highest BCUT2D eigenvalue weighted by molar-refractivity contribution is 5.73. The molecule has 0 N–H and O–H groups in total. The van der Waals surface area contributed by atoms with Gasteiger partial charge in [-0.25, -0.2) is 0 Å². The number of hydrogen-bond donors (Lipinski definition) is 0. The number of furan rings is 1. The molecule has 44 valence electrons. The van der Waals surface area contributed by atoms with Crippen molar-refractivity contribution in [2.45, 2.75) is 0 Å². The van der Waals surface area contributed by atoms with Crippen molar-refractivity contribution >= 4 is 6.29 Å². The Balaban J connectivity index is 2.78. The van der Waals surface area contributed by atoms with Gasteiger partial charge >= 0.3 is 0 Å². The number of carbonyl (C=O) groups excluding carboxylic acids is 1. The summed E-state index contributed by atoms with van der Waals surface area (Å²) in [7, 11) is 0. The van der Waals surface area contributed by atoms with Crippen LogP contribution in [0.15, 0.2) is 22.8 Å². The van der Waals surface area contributed by atoms with Crippen molar-refractivity contribution in [1.29, 1.82) is 0 Å². The van der Waals surface area contributed by atoms with Gasteiger partial charge in [-0.3, -0.25) is 4.79 Å². The summed E-state index contributed by atoms with van der Waals surface area (Å²) in [6.07, 6.45) is 2.04. The largest absolute Gasteiger partial charge is 0.456 e. The molecule has 2 heteroatoms. The van der Waals surface area contributed by atoms with Crippen LogP contribution in [0.3, 0.4) is 0 Å². The summed E-state index contributed by atoms with van der Waals surface area (Å²) in [6.45, 7) is 0. The van der Waals surface area contributed by atoms with Gasteiger partial charge in [-0.1, -0.05) is 0 Å². The first-order valence-electron chi connectivity index (χ1n) is 2.42. The normalized spacial score (nSPS) is 7.56. The average molecular weight is 120 g/mol. The number of carbonyl (C=O) groups is 1. The van der Waals surface area contributed by atoms with Crippen molar-refractivity contribution in [3.8, 4) is 11.8 Å². The molecule has 0 bridgehead atoms. The highest BCUT2D eigenvalue weighted by Gasteiger charge is 1.82. The lowest BCUT2D eigenvalue weighted by Crippen LogP contribution is -1.63. The van der Waals surface area contributed by atoms with Crippen LogP contribution in [-0.2, 0) is 4.79 Å². The number of rotatable bonds is 0. The second-order valence-electron chi connectivity index (χ2n) is 1.36. The monoisotopic (exact) mass is 120 g/mol. The van der Waals surface area contributed by atoms with Gasteiger partial charge in [0, 0.05) is 0 Å². The molecule has 0 fully saturated rings. The molecule has 0 saturated heterocycles. The zero-order valence-electron chi connectivity index (χ0n) is 4.63. The van der Waals surface area contributed by atoms with Gasteiger partial charge in [-0.15, -0.1) is 0 Å². The van der Waals surface area contributed by atoms with Gasteiger partial charge in [0.2, 0.25) is 0 Å². The smallest absolute Gasteiger partial charge is 0.193 e. The van der Waals surface area contributed by atoms with E-state index in [1.165, 1.54) is 6.26 Å². The Morgan fingerprint density at radius 2 is 2.56 bits per heavy atom. The lowest BCUT2D eigenvalue weighted by Gasteiger charge is -1.71. The summed E-state index contributed by atoms with van der Waals surface area (Å²) in [5, 5.41) is 0. The predicted octanol–water partition coefficient (Wildman–Crippen LogP) is 0.830. The fourth-order valence-corrected chi connectivity index (χ4v) is 0.450. The van der Waals surface area contributed by atoms with Crippen molar-refractivity contribution < 1.29 is 9.21 Å². The molecule has 1 aromatic rings. The first kappa shape index (κ1) is 5.64. The van der Waals surface area contributed by atoms with Crippen molar-refractivity contribution in [2.24, 2.45) is 0 Å². The minimum Gasteiger partial charge on any atom is -0.456 e. The molecule has 0 aromatic carbocycles. The fourth-order valence-electron chi connectivity index (χ4n) is 0.450. The van der Waals surface area contributed by atoms with Crippen molar-refractivity contribution in [3.63, 3.8) is 0 Å². The maximum absolute atomic E-state index is 9.68. The topological polar surface area (TPSA) is 30.2 Å². The van der Waals surface area contributed by atoms with E-state index in [0.29, 0.717) is 12.0 Å². The van der Waals surface area contributed by atoms with Crippen LogP contribution in [0.1, 0.15) is 5.76 Å². The lowest BCUT2D eigenvalue weighted by molar-refractivity contribution is -0.103. The third-order valence-electron chi connectivity index (χ3n) is 0.775. The van der Waals surface area contributed by atoms with Crippen LogP contribution in [0.4, 0.5) is 0 Å². The Morgan fingerprint density at radius 1 is 1.67 bits per heavy atom. The van der Waals surface area contributed by atoms with E-state index in [4.69, 9.17) is 4.42 Å². The SMILES string of the molecule is O=CC#Cc1ccco1. The van der Waals surface area contributed by atoms with Gasteiger partial charge in [0.05, 0.1) is 6.26 Å². The minimum atomic E-state index is 0.516. The van der Waals surface area contributed by atoms with Crippen LogP contribution in [0.25, 0.3) is 0 Å². The molecule has 0 radical (unpaired) electrons. The molecular weight excluding hydrogens is 116 g/mol. The maximum Gasteiger partial charge on any atom is 0.193 e. The molecule has 0 atom stereocenters. The Kier molecular flexibility index (Phi) is 1.71. The third kappa shape index (κ3) is 1.46. The van der Waals surface area contributed by atoms with E-state index in [9.17, 15) is 4.79 Å². The van der Waals surface area contributed by atoms with E-state index < -0.39 is 0 Å². The highest BCUT2D eigenvalue weighted by atomic mass is 16.3. The quantitative estimate of drug-likeness (QED) is 0.375. The van der Waals surface area contributed by atoms with Gasteiger partial charge in [-0.2, -0.15) is 0 Å². The lowest BCUT2D eigenvalue weighted by atomic mass is 10.4. The maximum atomic E-state index is 9.68. The number of hydrogen-bond acceptors (Lipinski definition) is 2. The average Bonchev–Trinajstić information content (AvgIpc) is 2.34. The van der Waals surface area contributed by atoms with E-state index in [0.717, 1.165) is 0 Å². The van der Waals surface area contributed by atoms with Crippen LogP contribution >= 0.6 is 0 Å². The van der Waals surface area contributed by atoms with E-state index in [2.05, 4.69) is 11.8 Å². The van der Waals surface area contributed by atoms with Crippen LogP contribution in [0, 0.1) is 11.8 Å². The molecule has 2 nitrogen and oxygen atoms in total. The van der Waals surface area contributed by atoms with Crippen LogP contribution in [0.5, 0.6) is 0 Å². The molecular formula is C7H4O2.